The number of halogens is 1. The van der Waals surface area contributed by atoms with Gasteiger partial charge in [0.25, 0.3) is 5.91 Å². The lowest BCUT2D eigenvalue weighted by Gasteiger charge is -2.16. The van der Waals surface area contributed by atoms with E-state index in [0.717, 1.165) is 28.2 Å². The molecule has 0 unspecified atom stereocenters. The van der Waals surface area contributed by atoms with Crippen molar-refractivity contribution >= 4 is 23.2 Å². The summed E-state index contributed by atoms with van der Waals surface area (Å²) >= 11 is 6.50. The molecule has 1 aliphatic rings. The minimum absolute atomic E-state index is 0.185. The molecule has 7 nitrogen and oxygen atoms in total. The van der Waals surface area contributed by atoms with Gasteiger partial charge in [-0.2, -0.15) is 0 Å². The van der Waals surface area contributed by atoms with Gasteiger partial charge in [-0.1, -0.05) is 35.4 Å². The number of carbonyl (C=O) groups excluding carboxylic acids is 1. The Morgan fingerprint density at radius 2 is 1.74 bits per heavy atom. The number of rotatable bonds is 10. The van der Waals surface area contributed by atoms with E-state index in [1.165, 1.54) is 0 Å². The highest BCUT2D eigenvalue weighted by atomic mass is 35.5. The van der Waals surface area contributed by atoms with Crippen LogP contribution in [0.2, 0.25) is 5.02 Å². The number of carbonyl (C=O) groups is 1. The second kappa shape index (κ2) is 11.1. The molecular weight excluding hydrogens is 456 g/mol. The maximum Gasteiger partial charge on any atom is 0.262 e. The van der Waals surface area contributed by atoms with Crippen LogP contribution in [0.4, 0.5) is 5.69 Å². The van der Waals surface area contributed by atoms with E-state index in [1.807, 2.05) is 68.4 Å². The fraction of sp³-hybridized carbons (Fsp3) is 0.269. The summed E-state index contributed by atoms with van der Waals surface area (Å²) in [6, 6.07) is 17.1. The quantitative estimate of drug-likeness (QED) is 0.419. The van der Waals surface area contributed by atoms with Crippen molar-refractivity contribution in [2.24, 2.45) is 0 Å². The first-order chi connectivity index (χ1) is 16.5. The van der Waals surface area contributed by atoms with Crippen LogP contribution in [-0.4, -0.2) is 25.9 Å². The number of ether oxygens (including phenoxy) is 4. The molecule has 2 N–H and O–H groups in total. The minimum atomic E-state index is -0.281. The van der Waals surface area contributed by atoms with Crippen LogP contribution >= 0.6 is 11.6 Å². The maximum atomic E-state index is 12.3. The number of amides is 1. The average molecular weight is 483 g/mol. The molecule has 0 saturated carbocycles. The van der Waals surface area contributed by atoms with Gasteiger partial charge in [0, 0.05) is 18.8 Å². The van der Waals surface area contributed by atoms with Gasteiger partial charge in [0.15, 0.2) is 29.6 Å². The van der Waals surface area contributed by atoms with E-state index in [-0.39, 0.29) is 19.3 Å². The molecule has 3 aromatic carbocycles. The van der Waals surface area contributed by atoms with Crippen molar-refractivity contribution in [3.63, 3.8) is 0 Å². The van der Waals surface area contributed by atoms with Gasteiger partial charge in [-0.05, 0) is 61.4 Å². The Bertz CT molecular complexity index is 1150. The Morgan fingerprint density at radius 3 is 2.53 bits per heavy atom. The zero-order chi connectivity index (χ0) is 23.9. The first kappa shape index (κ1) is 23.7. The van der Waals surface area contributed by atoms with E-state index in [1.54, 1.807) is 0 Å². The van der Waals surface area contributed by atoms with Crippen molar-refractivity contribution in [2.45, 2.75) is 26.9 Å². The molecule has 0 aliphatic carbocycles. The van der Waals surface area contributed by atoms with Crippen LogP contribution < -0.4 is 29.6 Å². The summed E-state index contributed by atoms with van der Waals surface area (Å²) in [5, 5.41) is 6.58. The molecule has 1 heterocycles. The standard InChI is InChI=1S/C26H27ClN2O5/c1-3-31-24-12-19(14-28-13-18-6-9-22-23(11-18)34-16-33-22)10-21(27)26(24)32-15-25(30)29-20-7-4-17(2)5-8-20/h4-12,28H,3,13-16H2,1-2H3,(H,29,30). The molecule has 1 aliphatic heterocycles. The van der Waals surface area contributed by atoms with Crippen molar-refractivity contribution in [3.05, 3.63) is 76.3 Å². The van der Waals surface area contributed by atoms with Crippen molar-refractivity contribution in [3.8, 4) is 23.0 Å². The molecule has 0 fully saturated rings. The van der Waals surface area contributed by atoms with Gasteiger partial charge in [0.05, 0.1) is 11.6 Å². The third-order valence-electron chi connectivity index (χ3n) is 5.15. The summed E-state index contributed by atoms with van der Waals surface area (Å²) in [5.74, 6) is 2.09. The van der Waals surface area contributed by atoms with E-state index in [0.29, 0.717) is 41.9 Å². The van der Waals surface area contributed by atoms with E-state index in [9.17, 15) is 4.79 Å². The summed E-state index contributed by atoms with van der Waals surface area (Å²) < 4.78 is 22.2. The van der Waals surface area contributed by atoms with E-state index in [2.05, 4.69) is 10.6 Å². The highest BCUT2D eigenvalue weighted by Gasteiger charge is 2.16. The molecule has 0 radical (unpaired) electrons. The summed E-state index contributed by atoms with van der Waals surface area (Å²) in [6.07, 6.45) is 0. The van der Waals surface area contributed by atoms with Crippen molar-refractivity contribution in [1.29, 1.82) is 0 Å². The summed E-state index contributed by atoms with van der Waals surface area (Å²) in [7, 11) is 0. The van der Waals surface area contributed by atoms with Gasteiger partial charge in [0.1, 0.15) is 0 Å². The van der Waals surface area contributed by atoms with Crippen LogP contribution in [0.15, 0.2) is 54.6 Å². The van der Waals surface area contributed by atoms with Crippen LogP contribution in [0, 0.1) is 6.92 Å². The minimum Gasteiger partial charge on any atom is -0.490 e. The molecule has 0 atom stereocenters. The first-order valence-electron chi connectivity index (χ1n) is 11.1. The third kappa shape index (κ3) is 6.12. The number of fused-ring (bicyclic) bond motifs is 1. The predicted octanol–water partition coefficient (Wildman–Crippen LogP) is 5.08. The highest BCUT2D eigenvalue weighted by molar-refractivity contribution is 6.32. The Balaban J connectivity index is 1.35. The second-order valence-electron chi connectivity index (χ2n) is 7.83. The summed E-state index contributed by atoms with van der Waals surface area (Å²) in [5.41, 5.74) is 3.85. The molecule has 4 rings (SSSR count). The molecule has 0 aromatic heterocycles. The summed E-state index contributed by atoms with van der Waals surface area (Å²) in [4.78, 5) is 12.3. The Kier molecular flexibility index (Phi) is 7.77. The topological polar surface area (TPSA) is 78.1 Å². The van der Waals surface area contributed by atoms with E-state index < -0.39 is 0 Å². The van der Waals surface area contributed by atoms with Crippen LogP contribution in [0.3, 0.4) is 0 Å². The lowest BCUT2D eigenvalue weighted by molar-refractivity contribution is -0.118. The average Bonchev–Trinajstić information content (AvgIpc) is 3.28. The normalized spacial score (nSPS) is 11.9. The number of hydrogen-bond acceptors (Lipinski definition) is 6. The van der Waals surface area contributed by atoms with Crippen molar-refractivity contribution in [1.82, 2.24) is 5.32 Å². The lowest BCUT2D eigenvalue weighted by atomic mass is 10.1. The van der Waals surface area contributed by atoms with Crippen LogP contribution in [0.5, 0.6) is 23.0 Å². The zero-order valence-corrected chi connectivity index (χ0v) is 19.9. The largest absolute Gasteiger partial charge is 0.490 e. The van der Waals surface area contributed by atoms with E-state index >= 15 is 0 Å². The van der Waals surface area contributed by atoms with Crippen LogP contribution in [0.25, 0.3) is 0 Å². The Labute approximate surface area is 203 Å². The van der Waals surface area contributed by atoms with Gasteiger partial charge < -0.3 is 29.6 Å². The van der Waals surface area contributed by atoms with Crippen LogP contribution in [0.1, 0.15) is 23.6 Å². The number of hydrogen-bond donors (Lipinski definition) is 2. The molecule has 8 heteroatoms. The number of benzene rings is 3. The fourth-order valence-corrected chi connectivity index (χ4v) is 3.79. The molecule has 0 bridgehead atoms. The smallest absolute Gasteiger partial charge is 0.262 e. The lowest BCUT2D eigenvalue weighted by Crippen LogP contribution is -2.20. The van der Waals surface area contributed by atoms with Gasteiger partial charge in [0.2, 0.25) is 6.79 Å². The summed E-state index contributed by atoms with van der Waals surface area (Å²) in [6.45, 7) is 5.60. The van der Waals surface area contributed by atoms with Gasteiger partial charge in [-0.15, -0.1) is 0 Å². The molecule has 0 spiro atoms. The highest BCUT2D eigenvalue weighted by Crippen LogP contribution is 2.37. The molecule has 1 amide bonds. The first-order valence-corrected chi connectivity index (χ1v) is 11.4. The molecule has 178 valence electrons. The molecule has 34 heavy (non-hydrogen) atoms. The SMILES string of the molecule is CCOc1cc(CNCc2ccc3c(c2)OCO3)cc(Cl)c1OCC(=O)Nc1ccc(C)cc1. The van der Waals surface area contributed by atoms with Gasteiger partial charge in [-0.25, -0.2) is 0 Å². The molecular formula is C26H27ClN2O5. The van der Waals surface area contributed by atoms with Crippen molar-refractivity contribution < 1.29 is 23.7 Å². The van der Waals surface area contributed by atoms with E-state index in [4.69, 9.17) is 30.5 Å². The predicted molar refractivity (Wildman–Crippen MR) is 131 cm³/mol. The van der Waals surface area contributed by atoms with Gasteiger partial charge in [-0.3, -0.25) is 4.79 Å². The number of anilines is 1. The zero-order valence-electron chi connectivity index (χ0n) is 19.2. The third-order valence-corrected chi connectivity index (χ3v) is 5.43. The van der Waals surface area contributed by atoms with Gasteiger partial charge >= 0.3 is 0 Å². The van der Waals surface area contributed by atoms with Crippen molar-refractivity contribution in [2.75, 3.05) is 25.3 Å². The maximum absolute atomic E-state index is 12.3. The second-order valence-corrected chi connectivity index (χ2v) is 8.24. The van der Waals surface area contributed by atoms with Crippen LogP contribution in [-0.2, 0) is 17.9 Å². The molecule has 3 aromatic rings. The Morgan fingerprint density at radius 1 is 0.971 bits per heavy atom. The number of nitrogens with one attached hydrogen (secondary N) is 2. The monoisotopic (exact) mass is 482 g/mol. The fourth-order valence-electron chi connectivity index (χ4n) is 3.50. The molecule has 0 saturated heterocycles. The Hall–Kier alpha value is -3.42. The number of aryl methyl sites for hydroxylation is 1.